The molecule has 0 bridgehead atoms. The van der Waals surface area contributed by atoms with Gasteiger partial charge in [-0.25, -0.2) is 8.42 Å². The van der Waals surface area contributed by atoms with Gasteiger partial charge >= 0.3 is 0 Å². The number of benzene rings is 1. The minimum atomic E-state index is -3.72. The molecule has 0 aliphatic heterocycles. The van der Waals surface area contributed by atoms with Gasteiger partial charge in [-0.05, 0) is 42.7 Å². The van der Waals surface area contributed by atoms with E-state index in [0.717, 1.165) is 11.1 Å². The number of aryl methyl sites for hydroxylation is 1. The molecule has 0 radical (unpaired) electrons. The van der Waals surface area contributed by atoms with Gasteiger partial charge in [-0.1, -0.05) is 31.1 Å². The summed E-state index contributed by atoms with van der Waals surface area (Å²) in [6, 6.07) is 9.62. The van der Waals surface area contributed by atoms with E-state index >= 15 is 0 Å². The number of nitrogens with one attached hydrogen (secondary N) is 1. The van der Waals surface area contributed by atoms with Gasteiger partial charge in [0.2, 0.25) is 21.7 Å². The van der Waals surface area contributed by atoms with Crippen LogP contribution in [0.15, 0.2) is 58.2 Å². The average Bonchev–Trinajstić information content (AvgIpc) is 3.10. The van der Waals surface area contributed by atoms with Gasteiger partial charge in [-0.3, -0.25) is 4.98 Å². The number of aromatic nitrogens is 3. The van der Waals surface area contributed by atoms with Crippen LogP contribution in [0.2, 0.25) is 0 Å². The summed E-state index contributed by atoms with van der Waals surface area (Å²) in [6.07, 6.45) is 3.26. The summed E-state index contributed by atoms with van der Waals surface area (Å²) in [5, 5.41) is 3.96. The van der Waals surface area contributed by atoms with E-state index in [9.17, 15) is 8.42 Å². The van der Waals surface area contributed by atoms with Gasteiger partial charge in [0.15, 0.2) is 0 Å². The van der Waals surface area contributed by atoms with Gasteiger partial charge in [-0.15, -0.1) is 0 Å². The Morgan fingerprint density at radius 3 is 2.50 bits per heavy atom. The average molecular weight is 372 g/mol. The summed E-state index contributed by atoms with van der Waals surface area (Å²) in [5.74, 6) is 0.533. The highest BCUT2D eigenvalue weighted by atomic mass is 32.2. The van der Waals surface area contributed by atoms with E-state index in [1.54, 1.807) is 42.7 Å². The first-order chi connectivity index (χ1) is 12.4. The zero-order valence-electron chi connectivity index (χ0n) is 14.7. The molecular formula is C18H20N4O3S. The summed E-state index contributed by atoms with van der Waals surface area (Å²) < 4.78 is 33.5. The highest BCUT2D eigenvalue weighted by molar-refractivity contribution is 7.89. The van der Waals surface area contributed by atoms with E-state index in [1.807, 2.05) is 26.8 Å². The lowest BCUT2D eigenvalue weighted by molar-refractivity contribution is 0.311. The van der Waals surface area contributed by atoms with E-state index < -0.39 is 16.1 Å². The van der Waals surface area contributed by atoms with Crippen molar-refractivity contribution in [1.29, 1.82) is 0 Å². The molecule has 0 aliphatic rings. The quantitative estimate of drug-likeness (QED) is 0.714. The van der Waals surface area contributed by atoms with Crippen molar-refractivity contribution in [1.82, 2.24) is 19.8 Å². The topological polar surface area (TPSA) is 98.0 Å². The first-order valence-corrected chi connectivity index (χ1v) is 9.68. The maximum atomic E-state index is 12.7. The molecule has 0 saturated carbocycles. The molecule has 136 valence electrons. The molecule has 2 aromatic heterocycles. The minimum Gasteiger partial charge on any atom is -0.337 e. The number of hydrogen-bond donors (Lipinski definition) is 1. The SMILES string of the molecule is Cc1cccc(S(=O)(=O)NC(c2nc(-c3ccncc3)no2)C(C)C)c1. The Morgan fingerprint density at radius 1 is 1.12 bits per heavy atom. The van der Waals surface area contributed by atoms with Gasteiger partial charge in [0, 0.05) is 18.0 Å². The number of hydrogen-bond acceptors (Lipinski definition) is 6. The summed E-state index contributed by atoms with van der Waals surface area (Å²) in [7, 11) is -3.72. The van der Waals surface area contributed by atoms with Crippen LogP contribution in [0.3, 0.4) is 0 Å². The number of sulfonamides is 1. The van der Waals surface area contributed by atoms with E-state index in [1.165, 1.54) is 0 Å². The molecule has 0 saturated heterocycles. The molecule has 1 aromatic carbocycles. The van der Waals surface area contributed by atoms with Crippen molar-refractivity contribution in [2.75, 3.05) is 0 Å². The first kappa shape index (κ1) is 18.2. The third-order valence-corrected chi connectivity index (χ3v) is 5.33. The second-order valence-electron chi connectivity index (χ2n) is 6.35. The standard InChI is InChI=1S/C18H20N4O3S/c1-12(2)16(22-26(23,24)15-6-4-5-13(3)11-15)18-20-17(21-25-18)14-7-9-19-10-8-14/h4-12,16,22H,1-3H3. The van der Waals surface area contributed by atoms with Crippen LogP contribution >= 0.6 is 0 Å². The van der Waals surface area contributed by atoms with Crippen molar-refractivity contribution in [3.8, 4) is 11.4 Å². The number of nitrogens with zero attached hydrogens (tertiary/aromatic N) is 3. The molecule has 0 fully saturated rings. The van der Waals surface area contributed by atoms with Crippen molar-refractivity contribution in [2.24, 2.45) is 5.92 Å². The molecule has 2 heterocycles. The second-order valence-corrected chi connectivity index (χ2v) is 8.07. The molecule has 8 heteroatoms. The molecule has 0 aliphatic carbocycles. The lowest BCUT2D eigenvalue weighted by Gasteiger charge is -2.18. The van der Waals surface area contributed by atoms with Crippen LogP contribution in [0.1, 0.15) is 31.3 Å². The van der Waals surface area contributed by atoms with Crippen molar-refractivity contribution in [2.45, 2.75) is 31.7 Å². The minimum absolute atomic E-state index is 0.0830. The Kier molecular flexibility index (Phi) is 5.15. The molecule has 0 amide bonds. The molecule has 1 atom stereocenters. The first-order valence-electron chi connectivity index (χ1n) is 8.20. The lowest BCUT2D eigenvalue weighted by Crippen LogP contribution is -2.32. The van der Waals surface area contributed by atoms with Crippen molar-refractivity contribution >= 4 is 10.0 Å². The molecule has 1 unspecified atom stereocenters. The molecule has 7 nitrogen and oxygen atoms in total. The zero-order chi connectivity index (χ0) is 18.7. The van der Waals surface area contributed by atoms with Crippen molar-refractivity contribution in [3.63, 3.8) is 0 Å². The zero-order valence-corrected chi connectivity index (χ0v) is 15.6. The molecular weight excluding hydrogens is 352 g/mol. The Balaban J connectivity index is 1.90. The van der Waals surface area contributed by atoms with Gasteiger partial charge in [0.1, 0.15) is 6.04 Å². The monoisotopic (exact) mass is 372 g/mol. The third kappa shape index (κ3) is 3.97. The maximum absolute atomic E-state index is 12.7. The van der Waals surface area contributed by atoms with Crippen LogP contribution in [-0.4, -0.2) is 23.5 Å². The molecule has 3 rings (SSSR count). The fourth-order valence-electron chi connectivity index (χ4n) is 2.47. The Bertz CT molecular complexity index is 984. The van der Waals surface area contributed by atoms with E-state index in [2.05, 4.69) is 19.8 Å². The predicted octanol–water partition coefficient (Wildman–Crippen LogP) is 3.12. The van der Waals surface area contributed by atoms with Gasteiger partial charge in [0.05, 0.1) is 4.90 Å². The van der Waals surface area contributed by atoms with E-state index in [-0.39, 0.29) is 16.7 Å². The van der Waals surface area contributed by atoms with E-state index in [0.29, 0.717) is 5.82 Å². The lowest BCUT2D eigenvalue weighted by atomic mass is 10.1. The Morgan fingerprint density at radius 2 is 1.85 bits per heavy atom. The van der Waals surface area contributed by atoms with E-state index in [4.69, 9.17) is 4.52 Å². The van der Waals surface area contributed by atoms with Gasteiger partial charge in [-0.2, -0.15) is 9.71 Å². The Labute approximate surface area is 152 Å². The second kappa shape index (κ2) is 7.35. The fourth-order valence-corrected chi connectivity index (χ4v) is 3.91. The van der Waals surface area contributed by atoms with Crippen LogP contribution in [0, 0.1) is 12.8 Å². The fraction of sp³-hybridized carbons (Fsp3) is 0.278. The molecule has 3 aromatic rings. The highest BCUT2D eigenvalue weighted by Gasteiger charge is 2.28. The Hall–Kier alpha value is -2.58. The molecule has 0 spiro atoms. The van der Waals surface area contributed by atoms with Gasteiger partial charge < -0.3 is 4.52 Å². The maximum Gasteiger partial charge on any atom is 0.245 e. The van der Waals surface area contributed by atoms with Gasteiger partial charge in [0.25, 0.3) is 0 Å². The largest absolute Gasteiger partial charge is 0.337 e. The number of rotatable bonds is 6. The summed E-state index contributed by atoms with van der Waals surface area (Å²) in [6.45, 7) is 5.62. The summed E-state index contributed by atoms with van der Waals surface area (Å²) in [4.78, 5) is 8.52. The highest BCUT2D eigenvalue weighted by Crippen LogP contribution is 2.25. The summed E-state index contributed by atoms with van der Waals surface area (Å²) >= 11 is 0. The van der Waals surface area contributed by atoms with Crippen molar-refractivity contribution < 1.29 is 12.9 Å². The predicted molar refractivity (Wildman–Crippen MR) is 96.6 cm³/mol. The normalized spacial score (nSPS) is 13.1. The van der Waals surface area contributed by atoms with Crippen LogP contribution in [0.4, 0.5) is 0 Å². The van der Waals surface area contributed by atoms with Crippen LogP contribution < -0.4 is 4.72 Å². The van der Waals surface area contributed by atoms with Crippen molar-refractivity contribution in [3.05, 3.63) is 60.2 Å². The molecule has 26 heavy (non-hydrogen) atoms. The summed E-state index contributed by atoms with van der Waals surface area (Å²) in [5.41, 5.74) is 1.62. The molecule has 1 N–H and O–H groups in total. The van der Waals surface area contributed by atoms with Crippen LogP contribution in [0.25, 0.3) is 11.4 Å². The smallest absolute Gasteiger partial charge is 0.245 e. The van der Waals surface area contributed by atoms with Crippen LogP contribution in [-0.2, 0) is 10.0 Å². The third-order valence-electron chi connectivity index (χ3n) is 3.89. The van der Waals surface area contributed by atoms with Crippen LogP contribution in [0.5, 0.6) is 0 Å². The number of pyridine rings is 1.